The molecule has 1 aliphatic heterocycles. The number of rotatable bonds is 5. The molecule has 2 aromatic carbocycles. The predicted octanol–water partition coefficient (Wildman–Crippen LogP) is 3.37. The fraction of sp³-hybridized carbons (Fsp3) is 0.391. The van der Waals surface area contributed by atoms with Crippen LogP contribution < -0.4 is 10.3 Å². The molecule has 1 saturated heterocycles. The third kappa shape index (κ3) is 6.08. The van der Waals surface area contributed by atoms with Gasteiger partial charge in [0.25, 0.3) is 5.91 Å². The van der Waals surface area contributed by atoms with Crippen LogP contribution in [0.1, 0.15) is 43.1 Å². The van der Waals surface area contributed by atoms with Crippen LogP contribution in [0.3, 0.4) is 0 Å². The van der Waals surface area contributed by atoms with Crippen molar-refractivity contribution in [2.75, 3.05) is 13.1 Å². The number of hydrogen-bond donors (Lipinski definition) is 2. The minimum atomic E-state index is -4.01. The number of hydrazine groups is 1. The SMILES string of the molecule is Cc1cc(-c2ccccc2)cc(C(=O)NNS(=O)(=O)C2CCN(C(=O)OC(C)(C)C)C2)c1F. The van der Waals surface area contributed by atoms with Gasteiger partial charge in [-0.2, -0.15) is 0 Å². The van der Waals surface area contributed by atoms with Gasteiger partial charge in [-0.25, -0.2) is 17.6 Å². The lowest BCUT2D eigenvalue weighted by molar-refractivity contribution is 0.0295. The lowest BCUT2D eigenvalue weighted by atomic mass is 9.99. The molecule has 2 aromatic rings. The summed E-state index contributed by atoms with van der Waals surface area (Å²) in [5, 5.41) is -0.937. The molecular formula is C23H28FN3O5S. The molecule has 178 valence electrons. The van der Waals surface area contributed by atoms with Crippen LogP contribution >= 0.6 is 0 Å². The minimum absolute atomic E-state index is 0.0723. The number of benzene rings is 2. The summed E-state index contributed by atoms with van der Waals surface area (Å²) in [4.78, 5) is 28.2. The Morgan fingerprint density at radius 3 is 2.42 bits per heavy atom. The summed E-state index contributed by atoms with van der Waals surface area (Å²) in [6, 6.07) is 12.1. The van der Waals surface area contributed by atoms with Crippen molar-refractivity contribution >= 4 is 22.0 Å². The van der Waals surface area contributed by atoms with Gasteiger partial charge in [0.05, 0.1) is 10.8 Å². The van der Waals surface area contributed by atoms with Gasteiger partial charge in [0, 0.05) is 13.1 Å². The van der Waals surface area contributed by atoms with Crippen LogP contribution in [-0.2, 0) is 14.8 Å². The molecule has 2 N–H and O–H groups in total. The maximum atomic E-state index is 14.6. The number of likely N-dealkylation sites (tertiary alicyclic amines) is 1. The van der Waals surface area contributed by atoms with Gasteiger partial charge >= 0.3 is 6.09 Å². The Hall–Kier alpha value is -2.98. The number of aryl methyl sites for hydroxylation is 1. The highest BCUT2D eigenvalue weighted by atomic mass is 32.2. The number of nitrogens with zero attached hydrogens (tertiary/aromatic N) is 1. The van der Waals surface area contributed by atoms with Gasteiger partial charge in [-0.1, -0.05) is 30.3 Å². The summed E-state index contributed by atoms with van der Waals surface area (Å²) < 4.78 is 45.2. The smallest absolute Gasteiger partial charge is 0.410 e. The van der Waals surface area contributed by atoms with Crippen molar-refractivity contribution in [2.24, 2.45) is 0 Å². The zero-order valence-electron chi connectivity index (χ0n) is 19.0. The molecule has 1 atom stereocenters. The fourth-order valence-corrected chi connectivity index (χ4v) is 4.67. The van der Waals surface area contributed by atoms with Crippen molar-refractivity contribution in [1.82, 2.24) is 15.2 Å². The minimum Gasteiger partial charge on any atom is -0.444 e. The lowest BCUT2D eigenvalue weighted by Gasteiger charge is -2.24. The summed E-state index contributed by atoms with van der Waals surface area (Å²) in [7, 11) is -4.01. The van der Waals surface area contributed by atoms with E-state index in [0.29, 0.717) is 5.56 Å². The highest BCUT2D eigenvalue weighted by Gasteiger charge is 2.37. The number of amides is 2. The average Bonchev–Trinajstić information content (AvgIpc) is 3.25. The Balaban J connectivity index is 1.68. The molecule has 0 saturated carbocycles. The molecule has 2 amide bonds. The van der Waals surface area contributed by atoms with Gasteiger partial charge in [-0.3, -0.25) is 10.2 Å². The first-order valence-corrected chi connectivity index (χ1v) is 12.1. The Kier molecular flexibility index (Phi) is 7.08. The van der Waals surface area contributed by atoms with Crippen molar-refractivity contribution < 1.29 is 27.1 Å². The van der Waals surface area contributed by atoms with Gasteiger partial charge in [0.2, 0.25) is 10.0 Å². The second-order valence-electron chi connectivity index (χ2n) is 8.96. The van der Waals surface area contributed by atoms with Crippen molar-refractivity contribution in [2.45, 2.75) is 45.0 Å². The summed E-state index contributed by atoms with van der Waals surface area (Å²) in [5.74, 6) is -1.65. The Bertz CT molecular complexity index is 1150. The highest BCUT2D eigenvalue weighted by molar-refractivity contribution is 7.90. The largest absolute Gasteiger partial charge is 0.444 e. The van der Waals surface area contributed by atoms with E-state index in [2.05, 4.69) is 5.43 Å². The summed E-state index contributed by atoms with van der Waals surface area (Å²) >= 11 is 0. The van der Waals surface area contributed by atoms with E-state index in [9.17, 15) is 22.4 Å². The third-order valence-corrected chi connectivity index (χ3v) is 6.80. The van der Waals surface area contributed by atoms with Crippen LogP contribution in [0.4, 0.5) is 9.18 Å². The normalized spacial score (nSPS) is 16.5. The molecule has 0 aromatic heterocycles. The zero-order chi connectivity index (χ0) is 24.4. The maximum absolute atomic E-state index is 14.6. The molecule has 3 rings (SSSR count). The quantitative estimate of drug-likeness (QED) is 0.643. The fourth-order valence-electron chi connectivity index (χ4n) is 3.47. The lowest BCUT2D eigenvalue weighted by Crippen LogP contribution is -2.47. The van der Waals surface area contributed by atoms with E-state index in [1.54, 1.807) is 26.8 Å². The zero-order valence-corrected chi connectivity index (χ0v) is 19.8. The van der Waals surface area contributed by atoms with Gasteiger partial charge in [-0.15, -0.1) is 4.83 Å². The van der Waals surface area contributed by atoms with Crippen molar-refractivity contribution in [3.05, 3.63) is 59.4 Å². The molecular weight excluding hydrogens is 449 g/mol. The number of ether oxygens (including phenoxy) is 1. The molecule has 8 nitrogen and oxygen atoms in total. The second-order valence-corrected chi connectivity index (χ2v) is 10.9. The second kappa shape index (κ2) is 9.48. The van der Waals surface area contributed by atoms with E-state index in [4.69, 9.17) is 4.74 Å². The van der Waals surface area contributed by atoms with Crippen molar-refractivity contribution in [3.63, 3.8) is 0 Å². The first-order valence-electron chi connectivity index (χ1n) is 10.5. The number of nitrogens with one attached hydrogen (secondary N) is 2. The van der Waals surface area contributed by atoms with Crippen molar-refractivity contribution in [1.29, 1.82) is 0 Å². The number of hydrogen-bond acceptors (Lipinski definition) is 5. The molecule has 1 heterocycles. The van der Waals surface area contributed by atoms with Crippen LogP contribution in [0.15, 0.2) is 42.5 Å². The monoisotopic (exact) mass is 477 g/mol. The number of halogens is 1. The van der Waals surface area contributed by atoms with Gasteiger partial charge in [0.1, 0.15) is 11.4 Å². The van der Waals surface area contributed by atoms with E-state index in [1.807, 2.05) is 35.2 Å². The standard InChI is InChI=1S/C23H28FN3O5S/c1-15-12-17(16-8-6-5-7-9-16)13-19(20(15)24)21(28)25-26-33(30,31)18-10-11-27(14-18)22(29)32-23(2,3)4/h5-9,12-13,18,26H,10-11,14H2,1-4H3,(H,25,28). The molecule has 0 radical (unpaired) electrons. The molecule has 1 unspecified atom stereocenters. The number of carbonyl (C=O) groups is 2. The van der Waals surface area contributed by atoms with E-state index in [1.165, 1.54) is 17.9 Å². The number of sulfonamides is 1. The summed E-state index contributed by atoms with van der Waals surface area (Å²) in [5.41, 5.74) is 2.80. The summed E-state index contributed by atoms with van der Waals surface area (Å²) in [6.45, 7) is 6.84. The number of carbonyl (C=O) groups excluding carboxylic acids is 2. The maximum Gasteiger partial charge on any atom is 0.410 e. The predicted molar refractivity (Wildman–Crippen MR) is 122 cm³/mol. The first kappa shape index (κ1) is 24.7. The molecule has 0 aliphatic carbocycles. The molecule has 0 bridgehead atoms. The van der Waals surface area contributed by atoms with E-state index in [0.717, 1.165) is 5.56 Å². The van der Waals surface area contributed by atoms with E-state index < -0.39 is 38.7 Å². The Morgan fingerprint density at radius 1 is 1.12 bits per heavy atom. The van der Waals surface area contributed by atoms with Gasteiger partial charge in [0.15, 0.2) is 0 Å². The van der Waals surface area contributed by atoms with Crippen LogP contribution in [0.2, 0.25) is 0 Å². The molecule has 33 heavy (non-hydrogen) atoms. The van der Waals surface area contributed by atoms with E-state index >= 15 is 0 Å². The van der Waals surface area contributed by atoms with Crippen molar-refractivity contribution in [3.8, 4) is 11.1 Å². The third-order valence-electron chi connectivity index (χ3n) is 5.15. The van der Waals surface area contributed by atoms with Crippen LogP contribution in [0, 0.1) is 12.7 Å². The molecule has 1 fully saturated rings. The topological polar surface area (TPSA) is 105 Å². The molecule has 0 spiro atoms. The first-order chi connectivity index (χ1) is 15.4. The van der Waals surface area contributed by atoms with Gasteiger partial charge < -0.3 is 9.64 Å². The summed E-state index contributed by atoms with van der Waals surface area (Å²) in [6.07, 6.45) is -0.416. The van der Waals surface area contributed by atoms with Gasteiger partial charge in [-0.05, 0) is 62.9 Å². The van der Waals surface area contributed by atoms with Crippen LogP contribution in [0.5, 0.6) is 0 Å². The Morgan fingerprint density at radius 2 is 1.79 bits per heavy atom. The molecule has 1 aliphatic rings. The Labute approximate surface area is 193 Å². The van der Waals surface area contributed by atoms with Crippen LogP contribution in [0.25, 0.3) is 11.1 Å². The van der Waals surface area contributed by atoms with Crippen LogP contribution in [-0.4, -0.2) is 49.3 Å². The highest BCUT2D eigenvalue weighted by Crippen LogP contribution is 2.25. The average molecular weight is 478 g/mol. The van der Waals surface area contributed by atoms with E-state index in [-0.39, 0.29) is 30.6 Å². The molecule has 10 heteroatoms.